The largest absolute Gasteiger partial charge is 0.497 e. The van der Waals surface area contributed by atoms with Crippen molar-refractivity contribution >= 4 is 55.2 Å². The van der Waals surface area contributed by atoms with Crippen LogP contribution in [0.25, 0.3) is 0 Å². The Hall–Kier alpha value is -2.06. The highest BCUT2D eigenvalue weighted by molar-refractivity contribution is 9.11. The smallest absolute Gasteiger partial charge is 0.323 e. The number of halogens is 2. The fraction of sp³-hybridized carbons (Fsp3) is 0.176. The molecule has 0 radical (unpaired) electrons. The van der Waals surface area contributed by atoms with Crippen molar-refractivity contribution in [3.63, 3.8) is 0 Å². The summed E-state index contributed by atoms with van der Waals surface area (Å²) in [6.45, 7) is 2.31. The van der Waals surface area contributed by atoms with E-state index in [2.05, 4.69) is 47.8 Å². The zero-order valence-electron chi connectivity index (χ0n) is 13.7. The second-order valence-electron chi connectivity index (χ2n) is 5.01. The lowest BCUT2D eigenvalue weighted by Gasteiger charge is -2.13. The molecule has 25 heavy (non-hydrogen) atoms. The van der Waals surface area contributed by atoms with Crippen LogP contribution in [-0.4, -0.2) is 25.6 Å². The van der Waals surface area contributed by atoms with Crippen LogP contribution in [0, 0.1) is 0 Å². The number of ether oxygens (including phenoxy) is 1. The van der Waals surface area contributed by atoms with Crippen LogP contribution in [0.4, 0.5) is 16.2 Å². The minimum Gasteiger partial charge on any atom is -0.497 e. The van der Waals surface area contributed by atoms with Crippen LogP contribution < -0.4 is 20.7 Å². The monoisotopic (exact) mass is 469 g/mol. The summed E-state index contributed by atoms with van der Waals surface area (Å²) in [4.78, 5) is 24.5. The first kappa shape index (κ1) is 19.3. The lowest BCUT2D eigenvalue weighted by atomic mass is 10.1. The Morgan fingerprint density at radius 2 is 1.72 bits per heavy atom. The van der Waals surface area contributed by atoms with E-state index >= 15 is 0 Å². The quantitative estimate of drug-likeness (QED) is 0.596. The van der Waals surface area contributed by atoms with Crippen LogP contribution >= 0.6 is 31.9 Å². The van der Waals surface area contributed by atoms with Crippen molar-refractivity contribution in [3.8, 4) is 5.75 Å². The van der Waals surface area contributed by atoms with Crippen LogP contribution in [-0.2, 0) is 0 Å². The molecule has 2 rings (SSSR count). The molecule has 0 aliphatic heterocycles. The highest BCUT2D eigenvalue weighted by Crippen LogP contribution is 2.25. The highest BCUT2D eigenvalue weighted by atomic mass is 79.9. The molecule has 0 fully saturated rings. The molecule has 2 aromatic carbocycles. The Morgan fingerprint density at radius 3 is 2.32 bits per heavy atom. The van der Waals surface area contributed by atoms with E-state index in [1.54, 1.807) is 30.3 Å². The van der Waals surface area contributed by atoms with Crippen molar-refractivity contribution in [2.75, 3.05) is 24.3 Å². The molecule has 0 unspecified atom stereocenters. The SMILES string of the molecule is CCNC(=O)c1ccc(OC)cc1NC(=O)Nc1cc(Br)cc(Br)c1. The van der Waals surface area contributed by atoms with Gasteiger partial charge in [0.05, 0.1) is 18.4 Å². The maximum atomic E-state index is 12.3. The van der Waals surface area contributed by atoms with E-state index in [0.29, 0.717) is 29.2 Å². The predicted octanol–water partition coefficient (Wildman–Crippen LogP) is 4.61. The summed E-state index contributed by atoms with van der Waals surface area (Å²) >= 11 is 6.73. The van der Waals surface area contributed by atoms with Gasteiger partial charge in [-0.2, -0.15) is 0 Å². The zero-order chi connectivity index (χ0) is 18.4. The summed E-state index contributed by atoms with van der Waals surface area (Å²) < 4.78 is 6.81. The molecule has 132 valence electrons. The number of amides is 3. The molecule has 0 aliphatic rings. The summed E-state index contributed by atoms with van der Waals surface area (Å²) in [5, 5.41) is 8.13. The van der Waals surface area contributed by atoms with E-state index in [4.69, 9.17) is 4.74 Å². The van der Waals surface area contributed by atoms with Gasteiger partial charge in [0, 0.05) is 27.2 Å². The number of hydrogen-bond acceptors (Lipinski definition) is 3. The minimum atomic E-state index is -0.469. The zero-order valence-corrected chi connectivity index (χ0v) is 16.8. The van der Waals surface area contributed by atoms with E-state index in [1.807, 2.05) is 13.0 Å². The fourth-order valence-corrected chi connectivity index (χ4v) is 3.41. The molecule has 2 aromatic rings. The van der Waals surface area contributed by atoms with Crippen molar-refractivity contribution in [2.24, 2.45) is 0 Å². The number of benzene rings is 2. The molecule has 0 saturated carbocycles. The van der Waals surface area contributed by atoms with Gasteiger partial charge < -0.3 is 20.7 Å². The maximum absolute atomic E-state index is 12.3. The normalized spacial score (nSPS) is 10.1. The van der Waals surface area contributed by atoms with E-state index < -0.39 is 6.03 Å². The van der Waals surface area contributed by atoms with Gasteiger partial charge >= 0.3 is 6.03 Å². The van der Waals surface area contributed by atoms with Crippen LogP contribution in [0.1, 0.15) is 17.3 Å². The number of rotatable bonds is 5. The number of nitrogens with one attached hydrogen (secondary N) is 3. The highest BCUT2D eigenvalue weighted by Gasteiger charge is 2.14. The Morgan fingerprint density at radius 1 is 1.04 bits per heavy atom. The molecule has 0 bridgehead atoms. The van der Waals surface area contributed by atoms with Gasteiger partial charge in [0.25, 0.3) is 5.91 Å². The van der Waals surface area contributed by atoms with Crippen LogP contribution in [0.5, 0.6) is 5.75 Å². The molecule has 0 aliphatic carbocycles. The van der Waals surface area contributed by atoms with Gasteiger partial charge in [-0.25, -0.2) is 4.79 Å². The minimum absolute atomic E-state index is 0.273. The first-order chi connectivity index (χ1) is 11.9. The molecule has 6 nitrogen and oxygen atoms in total. The average molecular weight is 471 g/mol. The maximum Gasteiger partial charge on any atom is 0.323 e. The second kappa shape index (κ2) is 8.87. The summed E-state index contributed by atoms with van der Waals surface area (Å²) in [5.74, 6) is 0.263. The Kier molecular flexibility index (Phi) is 6.83. The van der Waals surface area contributed by atoms with Gasteiger partial charge in [-0.15, -0.1) is 0 Å². The molecule has 0 heterocycles. The van der Waals surface area contributed by atoms with Crippen molar-refractivity contribution in [1.82, 2.24) is 5.32 Å². The first-order valence-electron chi connectivity index (χ1n) is 7.43. The van der Waals surface area contributed by atoms with E-state index in [0.717, 1.165) is 8.95 Å². The van der Waals surface area contributed by atoms with Crippen LogP contribution in [0.3, 0.4) is 0 Å². The Bertz CT molecular complexity index is 776. The van der Waals surface area contributed by atoms with Gasteiger partial charge in [-0.05, 0) is 37.3 Å². The third kappa shape index (κ3) is 5.47. The van der Waals surface area contributed by atoms with Crippen molar-refractivity contribution in [1.29, 1.82) is 0 Å². The summed E-state index contributed by atoms with van der Waals surface area (Å²) in [7, 11) is 1.52. The van der Waals surface area contributed by atoms with E-state index in [9.17, 15) is 9.59 Å². The topological polar surface area (TPSA) is 79.5 Å². The van der Waals surface area contributed by atoms with Gasteiger partial charge in [-0.3, -0.25) is 4.79 Å². The summed E-state index contributed by atoms with van der Waals surface area (Å²) in [6, 6.07) is 9.79. The molecular weight excluding hydrogens is 454 g/mol. The molecular formula is C17H17Br2N3O3. The van der Waals surface area contributed by atoms with Gasteiger partial charge in [-0.1, -0.05) is 31.9 Å². The van der Waals surface area contributed by atoms with Crippen LogP contribution in [0.2, 0.25) is 0 Å². The molecule has 0 atom stereocenters. The van der Waals surface area contributed by atoms with Crippen molar-refractivity contribution in [2.45, 2.75) is 6.92 Å². The number of methoxy groups -OCH3 is 1. The standard InChI is InChI=1S/C17H17Br2N3O3/c1-3-20-16(23)14-5-4-13(25-2)9-15(14)22-17(24)21-12-7-10(18)6-11(19)8-12/h4-9H,3H2,1-2H3,(H,20,23)(H2,21,22,24). The Balaban J connectivity index is 2.22. The molecule has 3 amide bonds. The van der Waals surface area contributed by atoms with Gasteiger partial charge in [0.15, 0.2) is 0 Å². The van der Waals surface area contributed by atoms with Crippen molar-refractivity contribution < 1.29 is 14.3 Å². The molecule has 0 spiro atoms. The number of carbonyl (C=O) groups is 2. The molecule has 0 saturated heterocycles. The van der Waals surface area contributed by atoms with E-state index in [1.165, 1.54) is 7.11 Å². The van der Waals surface area contributed by atoms with Gasteiger partial charge in [0.2, 0.25) is 0 Å². The molecule has 0 aromatic heterocycles. The third-order valence-corrected chi connectivity index (χ3v) is 4.09. The summed E-state index contributed by atoms with van der Waals surface area (Å²) in [5.41, 5.74) is 1.31. The lowest BCUT2D eigenvalue weighted by Crippen LogP contribution is -2.26. The Labute approximate surface area is 162 Å². The van der Waals surface area contributed by atoms with Crippen LogP contribution in [0.15, 0.2) is 45.3 Å². The number of carbonyl (C=O) groups excluding carboxylic acids is 2. The second-order valence-corrected chi connectivity index (χ2v) is 6.84. The summed E-state index contributed by atoms with van der Waals surface area (Å²) in [6.07, 6.45) is 0. The average Bonchev–Trinajstić information content (AvgIpc) is 2.53. The molecule has 3 N–H and O–H groups in total. The van der Waals surface area contributed by atoms with E-state index in [-0.39, 0.29) is 5.91 Å². The lowest BCUT2D eigenvalue weighted by molar-refractivity contribution is 0.0956. The predicted molar refractivity (Wildman–Crippen MR) is 105 cm³/mol. The number of hydrogen-bond donors (Lipinski definition) is 3. The molecule has 8 heteroatoms. The third-order valence-electron chi connectivity index (χ3n) is 3.18. The fourth-order valence-electron chi connectivity index (χ4n) is 2.12. The van der Waals surface area contributed by atoms with Gasteiger partial charge in [0.1, 0.15) is 5.75 Å². The number of anilines is 2. The van der Waals surface area contributed by atoms with Crippen molar-refractivity contribution in [3.05, 3.63) is 50.9 Å². The first-order valence-corrected chi connectivity index (χ1v) is 9.02. The number of urea groups is 1.